The van der Waals surface area contributed by atoms with Gasteiger partial charge in [-0.25, -0.2) is 0 Å². The summed E-state index contributed by atoms with van der Waals surface area (Å²) in [7, 11) is 1.59. The number of hydrogen-bond acceptors (Lipinski definition) is 2. The average molecular weight is 252 g/mol. The summed E-state index contributed by atoms with van der Waals surface area (Å²) < 4.78 is 38.7. The Labute approximate surface area is 101 Å². The van der Waals surface area contributed by atoms with Crippen molar-refractivity contribution in [3.05, 3.63) is 0 Å². The van der Waals surface area contributed by atoms with Crippen molar-refractivity contribution in [2.45, 2.75) is 57.3 Å². The van der Waals surface area contributed by atoms with Crippen LogP contribution in [0.1, 0.15) is 39.0 Å². The lowest BCUT2D eigenvalue weighted by molar-refractivity contribution is -0.188. The van der Waals surface area contributed by atoms with Crippen molar-refractivity contribution in [3.8, 4) is 0 Å². The van der Waals surface area contributed by atoms with E-state index in [2.05, 4.69) is 6.92 Å². The molecule has 0 heterocycles. The minimum Gasteiger partial charge on any atom is -0.330 e. The Hall–Kier alpha value is -0.290. The third-order valence-electron chi connectivity index (χ3n) is 3.79. The third kappa shape index (κ3) is 4.14. The van der Waals surface area contributed by atoms with Gasteiger partial charge in [0.25, 0.3) is 0 Å². The van der Waals surface area contributed by atoms with Gasteiger partial charge in [-0.2, -0.15) is 13.2 Å². The predicted octanol–water partition coefficient (Wildman–Crippen LogP) is 2.78. The lowest BCUT2D eigenvalue weighted by Gasteiger charge is -2.39. The largest absolute Gasteiger partial charge is 0.404 e. The number of nitrogens with two attached hydrogens (primary N) is 1. The van der Waals surface area contributed by atoms with Crippen LogP contribution in [0.4, 0.5) is 13.2 Å². The van der Waals surface area contributed by atoms with Crippen molar-refractivity contribution in [1.29, 1.82) is 0 Å². The maximum atomic E-state index is 12.9. The quantitative estimate of drug-likeness (QED) is 0.833. The zero-order chi connectivity index (χ0) is 13.1. The summed E-state index contributed by atoms with van der Waals surface area (Å²) in [4.78, 5) is 1.50. The second kappa shape index (κ2) is 6.05. The zero-order valence-corrected chi connectivity index (χ0v) is 10.6. The smallest absolute Gasteiger partial charge is 0.330 e. The molecule has 1 aliphatic carbocycles. The van der Waals surface area contributed by atoms with Crippen LogP contribution in [0.15, 0.2) is 0 Å². The molecule has 1 rings (SSSR count). The molecule has 2 nitrogen and oxygen atoms in total. The van der Waals surface area contributed by atoms with Crippen LogP contribution in [-0.2, 0) is 0 Å². The highest BCUT2D eigenvalue weighted by Gasteiger charge is 2.43. The SMILES string of the molecule is CC1CCCC(N(C)C(CCN)C(F)(F)F)C1. The number of rotatable bonds is 4. The van der Waals surface area contributed by atoms with Gasteiger partial charge in [-0.1, -0.05) is 19.8 Å². The van der Waals surface area contributed by atoms with Crippen LogP contribution in [0, 0.1) is 5.92 Å². The van der Waals surface area contributed by atoms with Crippen LogP contribution >= 0.6 is 0 Å². The van der Waals surface area contributed by atoms with Gasteiger partial charge in [0.05, 0.1) is 0 Å². The monoisotopic (exact) mass is 252 g/mol. The molecule has 1 aliphatic rings. The van der Waals surface area contributed by atoms with Gasteiger partial charge < -0.3 is 5.73 Å². The summed E-state index contributed by atoms with van der Waals surface area (Å²) in [5.74, 6) is 0.531. The number of alkyl halides is 3. The Bertz CT molecular complexity index is 230. The fourth-order valence-corrected chi connectivity index (χ4v) is 2.78. The fourth-order valence-electron chi connectivity index (χ4n) is 2.78. The van der Waals surface area contributed by atoms with Crippen molar-refractivity contribution < 1.29 is 13.2 Å². The van der Waals surface area contributed by atoms with Crippen LogP contribution in [0.3, 0.4) is 0 Å². The molecule has 0 aromatic rings. The average Bonchev–Trinajstić information content (AvgIpc) is 2.23. The number of hydrogen-bond donors (Lipinski definition) is 1. The molecular weight excluding hydrogens is 229 g/mol. The normalized spacial score (nSPS) is 28.4. The summed E-state index contributed by atoms with van der Waals surface area (Å²) in [6.07, 6.45) is -0.271. The molecule has 3 unspecified atom stereocenters. The van der Waals surface area contributed by atoms with E-state index in [0.29, 0.717) is 5.92 Å². The second-order valence-corrected chi connectivity index (χ2v) is 5.23. The van der Waals surface area contributed by atoms with Crippen molar-refractivity contribution >= 4 is 0 Å². The molecule has 1 saturated carbocycles. The van der Waals surface area contributed by atoms with Crippen LogP contribution < -0.4 is 5.73 Å². The molecule has 0 aliphatic heterocycles. The number of nitrogens with zero attached hydrogens (tertiary/aromatic N) is 1. The van der Waals surface area contributed by atoms with Crippen LogP contribution in [0.25, 0.3) is 0 Å². The Kier molecular flexibility index (Phi) is 5.25. The van der Waals surface area contributed by atoms with Crippen molar-refractivity contribution in [2.75, 3.05) is 13.6 Å². The Morgan fingerprint density at radius 2 is 2.00 bits per heavy atom. The third-order valence-corrected chi connectivity index (χ3v) is 3.79. The van der Waals surface area contributed by atoms with Crippen LogP contribution in [0.2, 0.25) is 0 Å². The number of halogens is 3. The van der Waals surface area contributed by atoms with E-state index in [4.69, 9.17) is 5.73 Å². The summed E-state index contributed by atoms with van der Waals surface area (Å²) in [6.45, 7) is 2.20. The van der Waals surface area contributed by atoms with E-state index in [0.717, 1.165) is 25.7 Å². The highest BCUT2D eigenvalue weighted by Crippen LogP contribution is 2.33. The lowest BCUT2D eigenvalue weighted by atomic mass is 9.85. The molecule has 5 heteroatoms. The van der Waals surface area contributed by atoms with Gasteiger partial charge in [0, 0.05) is 6.04 Å². The van der Waals surface area contributed by atoms with Gasteiger partial charge >= 0.3 is 6.18 Å². The van der Waals surface area contributed by atoms with Crippen molar-refractivity contribution in [2.24, 2.45) is 11.7 Å². The summed E-state index contributed by atoms with van der Waals surface area (Å²) in [6, 6.07) is -1.33. The van der Waals surface area contributed by atoms with Gasteiger partial charge in [0.15, 0.2) is 0 Å². The lowest BCUT2D eigenvalue weighted by Crippen LogP contribution is -2.50. The van der Waals surface area contributed by atoms with Crippen molar-refractivity contribution in [3.63, 3.8) is 0 Å². The Balaban J connectivity index is 2.66. The molecule has 0 bridgehead atoms. The first kappa shape index (κ1) is 14.8. The van der Waals surface area contributed by atoms with Gasteiger partial charge in [0.1, 0.15) is 6.04 Å². The Morgan fingerprint density at radius 3 is 2.47 bits per heavy atom. The predicted molar refractivity (Wildman–Crippen MR) is 62.7 cm³/mol. The first-order valence-corrected chi connectivity index (χ1v) is 6.35. The highest BCUT2D eigenvalue weighted by atomic mass is 19.4. The molecule has 1 fully saturated rings. The van der Waals surface area contributed by atoms with E-state index in [-0.39, 0.29) is 19.0 Å². The maximum absolute atomic E-state index is 12.9. The Morgan fingerprint density at radius 1 is 1.35 bits per heavy atom. The molecule has 17 heavy (non-hydrogen) atoms. The highest BCUT2D eigenvalue weighted by molar-refractivity contribution is 4.85. The topological polar surface area (TPSA) is 29.3 Å². The molecule has 0 amide bonds. The molecule has 0 spiro atoms. The molecular formula is C12H23F3N2. The van der Waals surface area contributed by atoms with Crippen molar-refractivity contribution in [1.82, 2.24) is 4.90 Å². The minimum absolute atomic E-state index is 0.00905. The maximum Gasteiger partial charge on any atom is 0.404 e. The first-order valence-electron chi connectivity index (χ1n) is 6.35. The van der Waals surface area contributed by atoms with Gasteiger partial charge in [-0.15, -0.1) is 0 Å². The van der Waals surface area contributed by atoms with E-state index in [1.807, 2.05) is 0 Å². The zero-order valence-electron chi connectivity index (χ0n) is 10.6. The van der Waals surface area contributed by atoms with Crippen LogP contribution in [0.5, 0.6) is 0 Å². The molecule has 3 atom stereocenters. The summed E-state index contributed by atoms with van der Waals surface area (Å²) >= 11 is 0. The molecule has 0 aromatic heterocycles. The summed E-state index contributed by atoms with van der Waals surface area (Å²) in [5.41, 5.74) is 5.29. The van der Waals surface area contributed by atoms with Gasteiger partial charge in [-0.3, -0.25) is 4.90 Å². The first-order chi connectivity index (χ1) is 7.86. The molecule has 102 valence electrons. The van der Waals surface area contributed by atoms with Gasteiger partial charge in [0.2, 0.25) is 0 Å². The van der Waals surface area contributed by atoms with E-state index >= 15 is 0 Å². The summed E-state index contributed by atoms with van der Waals surface area (Å²) in [5, 5.41) is 0. The second-order valence-electron chi connectivity index (χ2n) is 5.23. The van der Waals surface area contributed by atoms with E-state index in [1.54, 1.807) is 7.05 Å². The minimum atomic E-state index is -4.17. The van der Waals surface area contributed by atoms with E-state index < -0.39 is 12.2 Å². The standard InChI is InChI=1S/C12H23F3N2/c1-9-4-3-5-10(8-9)17(2)11(6-7-16)12(13,14)15/h9-11H,3-8,16H2,1-2H3. The van der Waals surface area contributed by atoms with Gasteiger partial charge in [-0.05, 0) is 38.8 Å². The fraction of sp³-hybridized carbons (Fsp3) is 1.00. The molecule has 0 radical (unpaired) electrons. The molecule has 2 N–H and O–H groups in total. The molecule has 0 saturated heterocycles. The van der Waals surface area contributed by atoms with E-state index in [9.17, 15) is 13.2 Å². The molecule has 0 aromatic carbocycles. The van der Waals surface area contributed by atoms with E-state index in [1.165, 1.54) is 4.90 Å². The van der Waals surface area contributed by atoms with Crippen LogP contribution in [-0.4, -0.2) is 36.8 Å².